The van der Waals surface area contributed by atoms with E-state index in [-0.39, 0.29) is 0 Å². The van der Waals surface area contributed by atoms with Gasteiger partial charge in [-0.05, 0) is 30.7 Å². The topological polar surface area (TPSA) is 29.9 Å². The fourth-order valence-electron chi connectivity index (χ4n) is 2.84. The first-order valence-corrected chi connectivity index (χ1v) is 8.34. The average molecular weight is 365 g/mol. The van der Waals surface area contributed by atoms with Crippen LogP contribution in [0.4, 0.5) is 5.82 Å². The molecule has 1 aromatic heterocycles. The van der Waals surface area contributed by atoms with Crippen molar-refractivity contribution < 1.29 is 0 Å². The van der Waals surface area contributed by atoms with Crippen LogP contribution in [0.25, 0.3) is 16.9 Å². The van der Waals surface area contributed by atoms with Crippen molar-refractivity contribution in [3.8, 4) is 16.9 Å². The summed E-state index contributed by atoms with van der Waals surface area (Å²) in [5, 5.41) is 9.88. The van der Waals surface area contributed by atoms with Crippen LogP contribution in [-0.4, -0.2) is 16.3 Å². The Kier molecular flexibility index (Phi) is 3.72. The standard InChI is InChI=1S/C17H12Cl3N3/c18-11-6-4-10(5-7-11)16-12-8-9-21-17(12)23(22-16)14-3-1-2-13(19)15(14)20/h1-7,21H,8-9H2. The molecular formula is C17H12Cl3N3. The quantitative estimate of drug-likeness (QED) is 0.653. The summed E-state index contributed by atoms with van der Waals surface area (Å²) in [6, 6.07) is 13.3. The van der Waals surface area contributed by atoms with E-state index in [1.807, 2.05) is 41.1 Å². The number of rotatable bonds is 2. The minimum Gasteiger partial charge on any atom is -0.369 e. The molecule has 0 saturated carbocycles. The molecule has 0 saturated heterocycles. The van der Waals surface area contributed by atoms with Gasteiger partial charge in [-0.15, -0.1) is 0 Å². The SMILES string of the molecule is Clc1ccc(-c2nn(-c3cccc(Cl)c3Cl)c3c2CCN3)cc1. The van der Waals surface area contributed by atoms with Gasteiger partial charge >= 0.3 is 0 Å². The third-order valence-corrected chi connectivity index (χ3v) is 4.99. The molecule has 0 unspecified atom stereocenters. The van der Waals surface area contributed by atoms with Crippen LogP contribution in [0.5, 0.6) is 0 Å². The number of halogens is 3. The largest absolute Gasteiger partial charge is 0.369 e. The number of nitrogens with zero attached hydrogens (tertiary/aromatic N) is 2. The monoisotopic (exact) mass is 363 g/mol. The van der Waals surface area contributed by atoms with Crippen molar-refractivity contribution in [2.24, 2.45) is 0 Å². The molecule has 2 aromatic carbocycles. The molecule has 4 rings (SSSR count). The number of benzene rings is 2. The summed E-state index contributed by atoms with van der Waals surface area (Å²) in [6.45, 7) is 0.881. The Morgan fingerprint density at radius 2 is 1.78 bits per heavy atom. The average Bonchev–Trinajstić information content (AvgIpc) is 3.14. The third-order valence-electron chi connectivity index (χ3n) is 3.93. The lowest BCUT2D eigenvalue weighted by molar-refractivity contribution is 0.883. The van der Waals surface area contributed by atoms with Crippen LogP contribution in [0.2, 0.25) is 15.1 Å². The minimum atomic E-state index is 0.496. The number of fused-ring (bicyclic) bond motifs is 1. The fraction of sp³-hybridized carbons (Fsp3) is 0.118. The van der Waals surface area contributed by atoms with Gasteiger partial charge < -0.3 is 5.32 Å². The molecule has 0 aliphatic carbocycles. The van der Waals surface area contributed by atoms with Gasteiger partial charge in [-0.2, -0.15) is 5.10 Å². The van der Waals surface area contributed by atoms with Crippen molar-refractivity contribution in [3.63, 3.8) is 0 Å². The van der Waals surface area contributed by atoms with Crippen molar-refractivity contribution in [1.82, 2.24) is 9.78 Å². The summed E-state index contributed by atoms with van der Waals surface area (Å²) in [4.78, 5) is 0. The molecule has 0 amide bonds. The number of hydrogen-bond acceptors (Lipinski definition) is 2. The smallest absolute Gasteiger partial charge is 0.133 e. The van der Waals surface area contributed by atoms with E-state index in [0.717, 1.165) is 35.7 Å². The zero-order chi connectivity index (χ0) is 16.0. The van der Waals surface area contributed by atoms with Gasteiger partial charge in [-0.3, -0.25) is 0 Å². The van der Waals surface area contributed by atoms with Crippen LogP contribution >= 0.6 is 34.8 Å². The number of nitrogens with one attached hydrogen (secondary N) is 1. The van der Waals surface area contributed by atoms with Crippen LogP contribution in [-0.2, 0) is 6.42 Å². The summed E-state index contributed by atoms with van der Waals surface area (Å²) < 4.78 is 1.83. The predicted molar refractivity (Wildman–Crippen MR) is 96.2 cm³/mol. The summed E-state index contributed by atoms with van der Waals surface area (Å²) in [5.41, 5.74) is 3.93. The highest BCUT2D eigenvalue weighted by atomic mass is 35.5. The first-order chi connectivity index (χ1) is 11.1. The maximum atomic E-state index is 6.37. The van der Waals surface area contributed by atoms with Gasteiger partial charge in [0.2, 0.25) is 0 Å². The van der Waals surface area contributed by atoms with Crippen LogP contribution in [0.1, 0.15) is 5.56 Å². The van der Waals surface area contributed by atoms with E-state index in [2.05, 4.69) is 5.32 Å². The maximum absolute atomic E-state index is 6.37. The van der Waals surface area contributed by atoms with Crippen LogP contribution in [0.3, 0.4) is 0 Å². The molecule has 0 fully saturated rings. The highest BCUT2D eigenvalue weighted by molar-refractivity contribution is 6.43. The highest BCUT2D eigenvalue weighted by Gasteiger charge is 2.25. The molecule has 1 aliphatic rings. The Balaban J connectivity index is 1.91. The zero-order valence-electron chi connectivity index (χ0n) is 12.0. The van der Waals surface area contributed by atoms with Crippen molar-refractivity contribution in [3.05, 3.63) is 63.1 Å². The van der Waals surface area contributed by atoms with Gasteiger partial charge in [0.15, 0.2) is 0 Å². The summed E-state index contributed by atoms with van der Waals surface area (Å²) in [6.07, 6.45) is 0.922. The van der Waals surface area contributed by atoms with E-state index >= 15 is 0 Å². The predicted octanol–water partition coefficient (Wildman–Crippen LogP) is 5.47. The Labute approximate surface area is 148 Å². The normalized spacial score (nSPS) is 13.0. The molecule has 3 aromatic rings. The third kappa shape index (κ3) is 2.49. The molecule has 2 heterocycles. The van der Waals surface area contributed by atoms with E-state index in [1.54, 1.807) is 6.07 Å². The number of anilines is 1. The second kappa shape index (κ2) is 5.75. The number of hydrogen-bond donors (Lipinski definition) is 1. The first kappa shape index (κ1) is 14.9. The minimum absolute atomic E-state index is 0.496. The Morgan fingerprint density at radius 3 is 2.57 bits per heavy atom. The second-order valence-electron chi connectivity index (χ2n) is 5.34. The van der Waals surface area contributed by atoms with Crippen molar-refractivity contribution in [1.29, 1.82) is 0 Å². The molecule has 0 spiro atoms. The Morgan fingerprint density at radius 1 is 1.00 bits per heavy atom. The lowest BCUT2D eigenvalue weighted by Gasteiger charge is -2.09. The van der Waals surface area contributed by atoms with Gasteiger partial charge in [0, 0.05) is 22.7 Å². The molecule has 23 heavy (non-hydrogen) atoms. The van der Waals surface area contributed by atoms with Gasteiger partial charge in [0.25, 0.3) is 0 Å². The lowest BCUT2D eigenvalue weighted by Crippen LogP contribution is -2.05. The van der Waals surface area contributed by atoms with Gasteiger partial charge in [0.05, 0.1) is 21.4 Å². The van der Waals surface area contributed by atoms with Gasteiger partial charge in [0.1, 0.15) is 5.82 Å². The van der Waals surface area contributed by atoms with E-state index in [0.29, 0.717) is 15.1 Å². The summed E-state index contributed by atoms with van der Waals surface area (Å²) in [5.74, 6) is 0.971. The van der Waals surface area contributed by atoms with Crippen LogP contribution < -0.4 is 5.32 Å². The van der Waals surface area contributed by atoms with Crippen molar-refractivity contribution in [2.45, 2.75) is 6.42 Å². The van der Waals surface area contributed by atoms with Crippen LogP contribution in [0, 0.1) is 0 Å². The fourth-order valence-corrected chi connectivity index (χ4v) is 3.35. The molecule has 1 aliphatic heterocycles. The molecule has 116 valence electrons. The first-order valence-electron chi connectivity index (χ1n) is 7.21. The van der Waals surface area contributed by atoms with Crippen molar-refractivity contribution in [2.75, 3.05) is 11.9 Å². The molecule has 3 nitrogen and oxygen atoms in total. The molecular weight excluding hydrogens is 353 g/mol. The van der Waals surface area contributed by atoms with Crippen LogP contribution in [0.15, 0.2) is 42.5 Å². The Hall–Kier alpha value is -1.68. The van der Waals surface area contributed by atoms with E-state index < -0.39 is 0 Å². The Bertz CT molecular complexity index is 885. The van der Waals surface area contributed by atoms with Gasteiger partial charge in [-0.1, -0.05) is 53.0 Å². The molecule has 0 bridgehead atoms. The number of aromatic nitrogens is 2. The second-order valence-corrected chi connectivity index (χ2v) is 6.57. The van der Waals surface area contributed by atoms with E-state index in [4.69, 9.17) is 39.9 Å². The summed E-state index contributed by atoms with van der Waals surface area (Å²) >= 11 is 18.5. The summed E-state index contributed by atoms with van der Waals surface area (Å²) in [7, 11) is 0. The maximum Gasteiger partial charge on any atom is 0.133 e. The molecule has 1 N–H and O–H groups in total. The molecule has 0 atom stereocenters. The van der Waals surface area contributed by atoms with Gasteiger partial charge in [-0.25, -0.2) is 4.68 Å². The van der Waals surface area contributed by atoms with E-state index in [1.165, 1.54) is 5.56 Å². The molecule has 0 radical (unpaired) electrons. The molecule has 6 heteroatoms. The lowest BCUT2D eigenvalue weighted by atomic mass is 10.1. The van der Waals surface area contributed by atoms with Crippen molar-refractivity contribution >= 4 is 40.6 Å². The highest BCUT2D eigenvalue weighted by Crippen LogP contribution is 2.37. The zero-order valence-corrected chi connectivity index (χ0v) is 14.3. The van der Waals surface area contributed by atoms with E-state index in [9.17, 15) is 0 Å².